The minimum absolute atomic E-state index is 0.203. The molecule has 0 bridgehead atoms. The molecule has 0 spiro atoms. The molecule has 1 fully saturated rings. The van der Waals surface area contributed by atoms with Crippen molar-refractivity contribution in [3.63, 3.8) is 0 Å². The summed E-state index contributed by atoms with van der Waals surface area (Å²) in [4.78, 5) is 25.7. The summed E-state index contributed by atoms with van der Waals surface area (Å²) in [5.41, 5.74) is 2.23. The highest BCUT2D eigenvalue weighted by molar-refractivity contribution is 5.91. The van der Waals surface area contributed by atoms with E-state index in [9.17, 15) is 14.7 Å². The largest absolute Gasteiger partial charge is 0.508 e. The first-order chi connectivity index (χ1) is 12.1. The molecular formula is C19H19NO5. The molecule has 6 nitrogen and oxygen atoms in total. The van der Waals surface area contributed by atoms with Gasteiger partial charge in [-0.25, -0.2) is 4.79 Å². The Balaban J connectivity index is 1.57. The molecule has 0 radical (unpaired) electrons. The number of hydrogen-bond donors (Lipinski definition) is 1. The van der Waals surface area contributed by atoms with Crippen LogP contribution in [0.5, 0.6) is 5.75 Å². The average molecular weight is 341 g/mol. The van der Waals surface area contributed by atoms with E-state index in [-0.39, 0.29) is 18.3 Å². The Morgan fingerprint density at radius 2 is 1.52 bits per heavy atom. The molecule has 1 amide bonds. The van der Waals surface area contributed by atoms with Crippen molar-refractivity contribution in [3.05, 3.63) is 54.1 Å². The van der Waals surface area contributed by atoms with Gasteiger partial charge in [0.15, 0.2) is 6.61 Å². The van der Waals surface area contributed by atoms with Gasteiger partial charge in [0.05, 0.1) is 18.8 Å². The van der Waals surface area contributed by atoms with Gasteiger partial charge in [-0.2, -0.15) is 0 Å². The summed E-state index contributed by atoms with van der Waals surface area (Å²) in [5, 5.41) is 9.32. The van der Waals surface area contributed by atoms with Crippen molar-refractivity contribution >= 4 is 11.9 Å². The minimum atomic E-state index is -0.529. The highest BCUT2D eigenvalue weighted by Gasteiger charge is 2.18. The SMILES string of the molecule is O=C(OCC(=O)N1CCOCC1)c1ccc(-c2ccc(O)cc2)cc1. The fourth-order valence-corrected chi connectivity index (χ4v) is 2.57. The molecule has 1 heterocycles. The molecule has 0 aliphatic carbocycles. The topological polar surface area (TPSA) is 76.1 Å². The van der Waals surface area contributed by atoms with E-state index in [1.54, 1.807) is 53.4 Å². The van der Waals surface area contributed by atoms with Crippen molar-refractivity contribution in [2.75, 3.05) is 32.9 Å². The van der Waals surface area contributed by atoms with Crippen LogP contribution in [0, 0.1) is 0 Å². The molecule has 1 saturated heterocycles. The second kappa shape index (κ2) is 7.81. The number of carbonyl (C=O) groups is 2. The lowest BCUT2D eigenvalue weighted by Crippen LogP contribution is -2.42. The van der Waals surface area contributed by atoms with E-state index in [0.29, 0.717) is 31.9 Å². The molecule has 1 aliphatic rings. The summed E-state index contributed by atoms with van der Waals surface area (Å²) < 4.78 is 10.3. The molecule has 130 valence electrons. The second-order valence-electron chi connectivity index (χ2n) is 5.69. The molecule has 2 aromatic carbocycles. The summed E-state index contributed by atoms with van der Waals surface area (Å²) in [6.45, 7) is 1.81. The summed E-state index contributed by atoms with van der Waals surface area (Å²) in [6, 6.07) is 13.7. The minimum Gasteiger partial charge on any atom is -0.508 e. The molecule has 1 aliphatic heterocycles. The zero-order chi connectivity index (χ0) is 17.6. The number of carbonyl (C=O) groups excluding carboxylic acids is 2. The van der Waals surface area contributed by atoms with Crippen molar-refractivity contribution in [3.8, 4) is 16.9 Å². The molecular weight excluding hydrogens is 322 g/mol. The number of hydrogen-bond acceptors (Lipinski definition) is 5. The predicted molar refractivity (Wildman–Crippen MR) is 91.2 cm³/mol. The van der Waals surface area contributed by atoms with Crippen molar-refractivity contribution in [2.24, 2.45) is 0 Å². The van der Waals surface area contributed by atoms with Gasteiger partial charge in [0.1, 0.15) is 5.75 Å². The lowest BCUT2D eigenvalue weighted by atomic mass is 10.0. The Morgan fingerprint density at radius 1 is 0.960 bits per heavy atom. The molecule has 25 heavy (non-hydrogen) atoms. The monoisotopic (exact) mass is 341 g/mol. The zero-order valence-corrected chi connectivity index (χ0v) is 13.7. The fourth-order valence-electron chi connectivity index (χ4n) is 2.57. The van der Waals surface area contributed by atoms with E-state index in [0.717, 1.165) is 11.1 Å². The van der Waals surface area contributed by atoms with Crippen molar-refractivity contribution in [2.45, 2.75) is 0 Å². The summed E-state index contributed by atoms with van der Waals surface area (Å²) in [7, 11) is 0. The van der Waals surface area contributed by atoms with Crippen LogP contribution in [0.3, 0.4) is 0 Å². The fraction of sp³-hybridized carbons (Fsp3) is 0.263. The van der Waals surface area contributed by atoms with Gasteiger partial charge < -0.3 is 19.5 Å². The van der Waals surface area contributed by atoms with Gasteiger partial charge in [0.2, 0.25) is 0 Å². The number of benzene rings is 2. The van der Waals surface area contributed by atoms with E-state index < -0.39 is 5.97 Å². The third kappa shape index (κ3) is 4.36. The Hall–Kier alpha value is -2.86. The van der Waals surface area contributed by atoms with Crippen LogP contribution in [-0.2, 0) is 14.3 Å². The first-order valence-electron chi connectivity index (χ1n) is 8.05. The van der Waals surface area contributed by atoms with Crippen LogP contribution in [0.25, 0.3) is 11.1 Å². The Kier molecular flexibility index (Phi) is 5.30. The average Bonchev–Trinajstić information content (AvgIpc) is 2.67. The first-order valence-corrected chi connectivity index (χ1v) is 8.05. The van der Waals surface area contributed by atoms with Crippen LogP contribution in [0.4, 0.5) is 0 Å². The molecule has 3 rings (SSSR count). The zero-order valence-electron chi connectivity index (χ0n) is 13.7. The lowest BCUT2D eigenvalue weighted by molar-refractivity contribution is -0.138. The highest BCUT2D eigenvalue weighted by atomic mass is 16.5. The normalized spacial score (nSPS) is 14.2. The van der Waals surface area contributed by atoms with Gasteiger partial charge in [0.25, 0.3) is 5.91 Å². The van der Waals surface area contributed by atoms with E-state index in [2.05, 4.69) is 0 Å². The number of esters is 1. The smallest absolute Gasteiger partial charge is 0.338 e. The van der Waals surface area contributed by atoms with E-state index >= 15 is 0 Å². The maximum absolute atomic E-state index is 12.1. The van der Waals surface area contributed by atoms with Gasteiger partial charge in [-0.1, -0.05) is 24.3 Å². The summed E-state index contributed by atoms with van der Waals surface area (Å²) >= 11 is 0. The molecule has 0 aromatic heterocycles. The van der Waals surface area contributed by atoms with Gasteiger partial charge in [0, 0.05) is 13.1 Å². The van der Waals surface area contributed by atoms with Crippen molar-refractivity contribution in [1.29, 1.82) is 0 Å². The van der Waals surface area contributed by atoms with Crippen LogP contribution < -0.4 is 0 Å². The van der Waals surface area contributed by atoms with Crippen molar-refractivity contribution in [1.82, 2.24) is 4.90 Å². The molecule has 2 aromatic rings. The van der Waals surface area contributed by atoms with Crippen LogP contribution in [-0.4, -0.2) is 54.8 Å². The number of nitrogens with zero attached hydrogens (tertiary/aromatic N) is 1. The Labute approximate surface area is 145 Å². The third-order valence-corrected chi connectivity index (χ3v) is 4.01. The number of morpholine rings is 1. The number of rotatable bonds is 4. The van der Waals surface area contributed by atoms with Crippen LogP contribution in [0.1, 0.15) is 10.4 Å². The standard InChI is InChI=1S/C19H19NO5/c21-17-7-5-15(6-8-17)14-1-3-16(4-2-14)19(23)25-13-18(22)20-9-11-24-12-10-20/h1-8,21H,9-13H2. The predicted octanol–water partition coefficient (Wildman–Crippen LogP) is 2.07. The number of amides is 1. The van der Waals surface area contributed by atoms with Crippen LogP contribution >= 0.6 is 0 Å². The first kappa shape index (κ1) is 17.0. The van der Waals surface area contributed by atoms with E-state index in [1.165, 1.54) is 0 Å². The van der Waals surface area contributed by atoms with Crippen molar-refractivity contribution < 1.29 is 24.2 Å². The quantitative estimate of drug-likeness (QED) is 0.862. The number of phenols is 1. The number of phenolic OH excluding ortho intramolecular Hbond substituents is 1. The molecule has 1 N–H and O–H groups in total. The van der Waals surface area contributed by atoms with Gasteiger partial charge in [-0.15, -0.1) is 0 Å². The summed E-state index contributed by atoms with van der Waals surface area (Å²) in [5.74, 6) is -0.537. The Morgan fingerprint density at radius 3 is 2.12 bits per heavy atom. The lowest BCUT2D eigenvalue weighted by Gasteiger charge is -2.26. The second-order valence-corrected chi connectivity index (χ2v) is 5.69. The van der Waals surface area contributed by atoms with Gasteiger partial charge in [-0.05, 0) is 35.4 Å². The van der Waals surface area contributed by atoms with Crippen LogP contribution in [0.15, 0.2) is 48.5 Å². The molecule has 0 unspecified atom stereocenters. The third-order valence-electron chi connectivity index (χ3n) is 4.01. The maximum Gasteiger partial charge on any atom is 0.338 e. The maximum atomic E-state index is 12.1. The number of aromatic hydroxyl groups is 1. The molecule has 0 saturated carbocycles. The van der Waals surface area contributed by atoms with Crippen LogP contribution in [0.2, 0.25) is 0 Å². The van der Waals surface area contributed by atoms with Gasteiger partial charge >= 0.3 is 5.97 Å². The molecule has 0 atom stereocenters. The van der Waals surface area contributed by atoms with E-state index in [1.807, 2.05) is 0 Å². The number of ether oxygens (including phenoxy) is 2. The molecule has 6 heteroatoms. The Bertz CT molecular complexity index is 733. The summed E-state index contributed by atoms with van der Waals surface area (Å²) in [6.07, 6.45) is 0. The van der Waals surface area contributed by atoms with E-state index in [4.69, 9.17) is 9.47 Å². The van der Waals surface area contributed by atoms with Gasteiger partial charge in [-0.3, -0.25) is 4.79 Å². The highest BCUT2D eigenvalue weighted by Crippen LogP contribution is 2.22.